The van der Waals surface area contributed by atoms with Gasteiger partial charge in [0.1, 0.15) is 0 Å². The molecule has 0 saturated carbocycles. The van der Waals surface area contributed by atoms with Crippen molar-refractivity contribution in [3.8, 4) is 0 Å². The molecular weight excluding hydrogens is 8250 g/mol. The molecule has 0 nitrogen and oxygen atoms in total. The third-order valence-electron chi connectivity index (χ3n) is 2.49. The Hall–Kier alpha value is 47.4. The molecule has 0 N–H and O–H groups in total. The summed E-state index contributed by atoms with van der Waals surface area (Å²) in [5.41, 5.74) is 0. The molecule has 0 rings (SSSR count). The Balaban J connectivity index is 5.71. The van der Waals surface area contributed by atoms with Crippen LogP contribution in [0.15, 0.2) is 0 Å². The van der Waals surface area contributed by atoms with Crippen molar-refractivity contribution in [1.82, 2.24) is 0 Å². The van der Waals surface area contributed by atoms with Crippen molar-refractivity contribution in [3.05, 3.63) is 0 Å². The molecule has 456 valence electrons. The van der Waals surface area contributed by atoms with Gasteiger partial charge in [0.25, 0.3) is 0 Å². The number of rotatable bonds is 31. The molecule has 0 radical (unpaired) electrons. The van der Waals surface area contributed by atoms with Crippen molar-refractivity contribution in [1.29, 1.82) is 0 Å². The fourth-order valence-electron chi connectivity index (χ4n) is 0.910. The molecule has 0 saturated heterocycles. The van der Waals surface area contributed by atoms with E-state index in [0.29, 0.717) is 13.3 Å². The summed E-state index contributed by atoms with van der Waals surface area (Å²) in [6.45, 7) is 0. The number of halogens is 65. The second-order valence-corrected chi connectivity index (χ2v) is 1530. The zero-order valence-corrected chi connectivity index (χ0v) is 165. The quantitative estimate of drug-likeness (QED) is 0.0607. The second kappa shape index (κ2) is 68.0. The van der Waals surface area contributed by atoms with Crippen LogP contribution in [0.5, 0.6) is 0 Å². The minimum atomic E-state index is -0.612. The first-order valence-electron chi connectivity index (χ1n) is 9.14. The average molecular weight is 8250 g/mol. The molecule has 0 aromatic heterocycles. The molecule has 0 aliphatic carbocycles. The van der Waals surface area contributed by atoms with Crippen molar-refractivity contribution in [2.24, 2.45) is 0 Å². The summed E-state index contributed by atoms with van der Waals surface area (Å²) in [5, 5.41) is 0. The fraction of sp³-hybridized carbons (Fsp3) is 0. The molecule has 65 heavy (non-hydrogen) atoms. The van der Waals surface area contributed by atoms with Crippen molar-refractivity contribution >= 4 is 859 Å². The Morgan fingerprint density at radius 1 is 0.138 bits per heavy atom. The Labute approximate surface area is 820 Å². The van der Waals surface area contributed by atoms with Crippen molar-refractivity contribution in [2.45, 2.75) is 0 Å². The van der Waals surface area contributed by atoms with Crippen LogP contribution in [0.1, 0.15) is 0 Å². The third kappa shape index (κ3) is 46.5. The zero-order valence-electron chi connectivity index (χ0n) is 24.6. The van der Waals surface area contributed by atoms with Crippen LogP contribution >= 0.6 is 859 Å². The predicted octanol–water partition coefficient (Wildman–Crippen LogP) is 53.7. The van der Waals surface area contributed by atoms with Gasteiger partial charge in [-0.15, -0.1) is 0 Å². The average Bonchev–Trinajstić information content (AvgIpc) is 3.30. The Morgan fingerprint density at radius 2 is 0.231 bits per heavy atom. The Morgan fingerprint density at radius 3 is 0.323 bits per heavy atom. The van der Waals surface area contributed by atoms with Gasteiger partial charge in [0.05, 0.1) is 0 Å². The van der Waals surface area contributed by atoms with Crippen LogP contribution in [0.25, 0.3) is 0 Å². The third-order valence-corrected chi connectivity index (χ3v) is 5040. The van der Waals surface area contributed by atoms with Crippen LogP contribution in [0.2, 0.25) is 0 Å². The van der Waals surface area contributed by atoms with Gasteiger partial charge >= 0.3 is 872 Å². The molecule has 0 aromatic rings. The Kier molecular flexibility index (Phi) is 118. The fourth-order valence-corrected chi connectivity index (χ4v) is 12400. The minimum absolute atomic E-state index is 0.408. The topological polar surface area (TPSA) is 0 Å². The SMILES string of the molecule is I[I-]I(I)I(I)I(I)I(I)I(I)I(I)I(I)I(I)I(I)I(I)I(I)I(I)I(I)I(I)I(I)I(I)I(I)I(I)I(I)I(I)I(I)I(I)I(I)I(I)I(I)I(I)I(I)I(I)I(I)I(I)I(I)I. The zero-order chi connectivity index (χ0) is 51.6. The van der Waals surface area contributed by atoms with Gasteiger partial charge in [-0.05, 0) is 0 Å². The van der Waals surface area contributed by atoms with Crippen LogP contribution in [0.3, 0.4) is 0 Å². The van der Waals surface area contributed by atoms with Gasteiger partial charge in [0.2, 0.25) is 0 Å². The first-order valence-corrected chi connectivity index (χ1v) is 411. The van der Waals surface area contributed by atoms with E-state index in [0.717, 1.165) is 0 Å². The first-order chi connectivity index (χ1) is 29.6. The molecule has 0 spiro atoms. The van der Waals surface area contributed by atoms with Crippen LogP contribution < -0.4 is 13.3 Å². The first kappa shape index (κ1) is 112. The molecule has 0 bridgehead atoms. The summed E-state index contributed by atoms with van der Waals surface area (Å²) < 4.78 is 0. The van der Waals surface area contributed by atoms with Gasteiger partial charge in [-0.2, -0.15) is 0 Å². The molecule has 65 heteroatoms. The van der Waals surface area contributed by atoms with Crippen LogP contribution in [0.4, 0.5) is 0 Å². The van der Waals surface area contributed by atoms with Crippen LogP contribution in [0, 0.1) is 0 Å². The normalized spacial score (nSPS) is 18.9. The maximum atomic E-state index is 3.43. The van der Waals surface area contributed by atoms with Gasteiger partial charge in [-0.25, -0.2) is 0 Å². The van der Waals surface area contributed by atoms with E-state index in [1.807, 2.05) is 0 Å². The summed E-state index contributed by atoms with van der Waals surface area (Å²) in [7, 11) is -17.4. The summed E-state index contributed by atoms with van der Waals surface area (Å²) in [5.74, 6) is 0. The van der Waals surface area contributed by atoms with Crippen molar-refractivity contribution in [3.63, 3.8) is 0 Å². The van der Waals surface area contributed by atoms with E-state index >= 15 is 0 Å². The van der Waals surface area contributed by atoms with E-state index in [1.165, 1.54) is 0 Å². The van der Waals surface area contributed by atoms with Gasteiger partial charge < -0.3 is 0 Å². The second-order valence-electron chi connectivity index (χ2n) is 5.08. The molecule has 0 heterocycles. The van der Waals surface area contributed by atoms with Gasteiger partial charge in [0, 0.05) is 0 Å². The Bertz CT molecular complexity index is 1230. The van der Waals surface area contributed by atoms with E-state index in [4.69, 9.17) is 0 Å². The van der Waals surface area contributed by atoms with E-state index < -0.39 is 245 Å². The van der Waals surface area contributed by atoms with E-state index in [-0.39, 0.29) is 0 Å². The molecular formula is I65-. The molecule has 0 aliphatic heterocycles. The molecule has 0 aliphatic rings. The van der Waals surface area contributed by atoms with Gasteiger partial charge in [-0.1, -0.05) is 0 Å². The van der Waals surface area contributed by atoms with E-state index in [1.54, 1.807) is 0 Å². The van der Waals surface area contributed by atoms with E-state index in [2.05, 4.69) is 614 Å². The standard InChI is InChI=1S/I65/c1-34-36(4)38(6)40(8)42(10)44(12)46(14)48(16)50(18)52(20)54(22)56(24)58(26)60(28)62(30)64(32)65(33)63(31)61(29)59(27)57(25)55(23)53(21)51(19)49(17)47(15)45(13)43(11)41(9)39(7)37(5)35(2)3/q-1. The van der Waals surface area contributed by atoms with E-state index in [9.17, 15) is 0 Å². The van der Waals surface area contributed by atoms with Crippen molar-refractivity contribution in [2.75, 3.05) is 0 Å². The molecule has 0 fully saturated rings. The van der Waals surface area contributed by atoms with Gasteiger partial charge in [0.15, 0.2) is 0 Å². The van der Waals surface area contributed by atoms with Crippen LogP contribution in [-0.2, 0) is 0 Å². The summed E-state index contributed by atoms with van der Waals surface area (Å²) in [4.78, 5) is 0. The van der Waals surface area contributed by atoms with Gasteiger partial charge in [-0.3, -0.25) is 0 Å². The molecule has 0 unspecified atom stereocenters. The molecule has 0 aromatic carbocycles. The number of hydrogen-bond acceptors (Lipinski definition) is 0. The summed E-state index contributed by atoms with van der Waals surface area (Å²) >= 11 is 110. The maximum absolute atomic E-state index is 3.43. The molecule has 0 atom stereocenters. The van der Waals surface area contributed by atoms with Crippen molar-refractivity contribution < 1.29 is 13.3 Å². The van der Waals surface area contributed by atoms with Crippen LogP contribution in [-0.4, -0.2) is 0 Å². The molecule has 0 amide bonds. The summed E-state index contributed by atoms with van der Waals surface area (Å²) in [6, 6.07) is 0. The number of hydrogen-bond donors (Lipinski definition) is 0. The summed E-state index contributed by atoms with van der Waals surface area (Å²) in [6.07, 6.45) is 0. The monoisotopic (exact) mass is 8250 g/mol. The predicted molar refractivity (Wildman–Crippen MR) is 897 cm³/mol.